The number of methoxy groups -OCH3 is 1. The Hall–Kier alpha value is -1.48. The van der Waals surface area contributed by atoms with Gasteiger partial charge in [0.2, 0.25) is 0 Å². The number of aryl methyl sites for hydroxylation is 1. The van der Waals surface area contributed by atoms with Crippen molar-refractivity contribution in [2.45, 2.75) is 20.3 Å². The molecule has 0 saturated heterocycles. The van der Waals surface area contributed by atoms with Crippen LogP contribution in [0.5, 0.6) is 5.75 Å². The molecule has 0 unspecified atom stereocenters. The Labute approximate surface area is 104 Å². The number of nitrogens with one attached hydrogen (secondary N) is 1. The first-order chi connectivity index (χ1) is 8.10. The summed E-state index contributed by atoms with van der Waals surface area (Å²) in [6.07, 6.45) is 0.771. The Morgan fingerprint density at radius 1 is 1.41 bits per heavy atom. The molecular formula is C13H14ClNO2. The fraction of sp³-hybridized carbons (Fsp3) is 0.308. The third kappa shape index (κ3) is 1.80. The first-order valence-corrected chi connectivity index (χ1v) is 5.85. The third-order valence-electron chi connectivity index (χ3n) is 2.99. The van der Waals surface area contributed by atoms with E-state index in [2.05, 4.69) is 4.98 Å². The van der Waals surface area contributed by atoms with E-state index in [1.165, 1.54) is 0 Å². The number of benzene rings is 1. The van der Waals surface area contributed by atoms with Gasteiger partial charge in [0.25, 0.3) is 0 Å². The molecule has 2 rings (SSSR count). The zero-order chi connectivity index (χ0) is 12.6. The van der Waals surface area contributed by atoms with Crippen LogP contribution in [0.25, 0.3) is 10.9 Å². The molecule has 90 valence electrons. The summed E-state index contributed by atoms with van der Waals surface area (Å²) in [6, 6.07) is 3.44. The smallest absolute Gasteiger partial charge is 0.194 e. The largest absolute Gasteiger partial charge is 0.495 e. The van der Waals surface area contributed by atoms with Crippen LogP contribution in [0.15, 0.2) is 16.9 Å². The van der Waals surface area contributed by atoms with Crippen LogP contribution >= 0.6 is 11.6 Å². The molecule has 0 fully saturated rings. The van der Waals surface area contributed by atoms with Crippen molar-refractivity contribution in [3.63, 3.8) is 0 Å². The first kappa shape index (κ1) is 12.0. The molecule has 0 bridgehead atoms. The van der Waals surface area contributed by atoms with E-state index in [0.717, 1.165) is 17.7 Å². The van der Waals surface area contributed by atoms with Crippen LogP contribution in [-0.4, -0.2) is 12.1 Å². The number of pyridine rings is 1. The molecule has 4 heteroatoms. The Bertz CT molecular complexity index is 631. The molecule has 0 atom stereocenters. The highest BCUT2D eigenvalue weighted by molar-refractivity contribution is 6.35. The summed E-state index contributed by atoms with van der Waals surface area (Å²) in [6.45, 7) is 3.81. The molecule has 0 radical (unpaired) electrons. The molecule has 0 saturated carbocycles. The van der Waals surface area contributed by atoms with Gasteiger partial charge in [-0.3, -0.25) is 4.79 Å². The molecule has 1 heterocycles. The van der Waals surface area contributed by atoms with Gasteiger partial charge in [0, 0.05) is 11.3 Å². The number of fused-ring (bicyclic) bond motifs is 1. The summed E-state index contributed by atoms with van der Waals surface area (Å²) in [5.74, 6) is 0.635. The number of aromatic nitrogens is 1. The predicted molar refractivity (Wildman–Crippen MR) is 70.2 cm³/mol. The minimum absolute atomic E-state index is 0.0282. The maximum Gasteiger partial charge on any atom is 0.194 e. The van der Waals surface area contributed by atoms with Crippen LogP contribution < -0.4 is 10.2 Å². The van der Waals surface area contributed by atoms with Gasteiger partial charge in [-0.15, -0.1) is 0 Å². The topological polar surface area (TPSA) is 42.1 Å². The third-order valence-corrected chi connectivity index (χ3v) is 3.30. The normalized spacial score (nSPS) is 10.8. The molecule has 3 nitrogen and oxygen atoms in total. The minimum Gasteiger partial charge on any atom is -0.495 e. The van der Waals surface area contributed by atoms with Crippen molar-refractivity contribution in [2.24, 2.45) is 0 Å². The van der Waals surface area contributed by atoms with Crippen molar-refractivity contribution in [3.8, 4) is 5.75 Å². The van der Waals surface area contributed by atoms with Crippen LogP contribution in [0.1, 0.15) is 18.2 Å². The number of ether oxygens (including phenoxy) is 1. The number of aromatic amines is 1. The monoisotopic (exact) mass is 251 g/mol. The van der Waals surface area contributed by atoms with Gasteiger partial charge in [0.05, 0.1) is 23.0 Å². The van der Waals surface area contributed by atoms with Gasteiger partial charge in [-0.2, -0.15) is 0 Å². The van der Waals surface area contributed by atoms with E-state index in [0.29, 0.717) is 21.7 Å². The number of hydrogen-bond acceptors (Lipinski definition) is 2. The second-order valence-electron chi connectivity index (χ2n) is 3.91. The highest BCUT2D eigenvalue weighted by atomic mass is 35.5. The first-order valence-electron chi connectivity index (χ1n) is 5.48. The molecule has 17 heavy (non-hydrogen) atoms. The minimum atomic E-state index is -0.0282. The van der Waals surface area contributed by atoms with Crippen molar-refractivity contribution >= 4 is 22.5 Å². The fourth-order valence-corrected chi connectivity index (χ4v) is 2.24. The van der Waals surface area contributed by atoms with Gasteiger partial charge >= 0.3 is 0 Å². The van der Waals surface area contributed by atoms with Crippen LogP contribution in [-0.2, 0) is 6.42 Å². The van der Waals surface area contributed by atoms with E-state index in [4.69, 9.17) is 16.3 Å². The van der Waals surface area contributed by atoms with Crippen molar-refractivity contribution in [2.75, 3.05) is 7.11 Å². The Kier molecular flexibility index (Phi) is 3.11. The lowest BCUT2D eigenvalue weighted by Crippen LogP contribution is -2.12. The number of halogens is 1. The van der Waals surface area contributed by atoms with Crippen LogP contribution in [0, 0.1) is 6.92 Å². The van der Waals surface area contributed by atoms with Gasteiger partial charge in [0.15, 0.2) is 5.43 Å². The van der Waals surface area contributed by atoms with Gasteiger partial charge in [-0.05, 0) is 25.5 Å². The molecule has 0 aliphatic carbocycles. The fourth-order valence-electron chi connectivity index (χ4n) is 2.00. The number of hydrogen-bond donors (Lipinski definition) is 1. The maximum absolute atomic E-state index is 12.2. The molecule has 1 aromatic carbocycles. The zero-order valence-electron chi connectivity index (χ0n) is 10.1. The number of rotatable bonds is 2. The van der Waals surface area contributed by atoms with E-state index >= 15 is 0 Å². The predicted octanol–water partition coefficient (Wildman–Crippen LogP) is 3.06. The molecular weight excluding hydrogens is 238 g/mol. The van der Waals surface area contributed by atoms with E-state index in [-0.39, 0.29) is 5.43 Å². The zero-order valence-corrected chi connectivity index (χ0v) is 10.8. The summed E-state index contributed by atoms with van der Waals surface area (Å²) >= 11 is 6.08. The average molecular weight is 252 g/mol. The van der Waals surface area contributed by atoms with Crippen LogP contribution in [0.2, 0.25) is 5.02 Å². The lowest BCUT2D eigenvalue weighted by Gasteiger charge is -2.10. The van der Waals surface area contributed by atoms with Crippen molar-refractivity contribution in [1.82, 2.24) is 4.98 Å². The average Bonchev–Trinajstić information content (AvgIpc) is 2.33. The summed E-state index contributed by atoms with van der Waals surface area (Å²) < 4.78 is 5.25. The second kappa shape index (κ2) is 4.41. The van der Waals surface area contributed by atoms with E-state index < -0.39 is 0 Å². The standard InChI is InChI=1S/C13H14ClNO2/c1-4-9-7(2)13(16)11-8(14)5-6-10(17-3)12(11)15-9/h5-6H,4H2,1-3H3,(H,15,16). The molecule has 0 amide bonds. The summed E-state index contributed by atoms with van der Waals surface area (Å²) in [5, 5.41) is 0.952. The van der Waals surface area contributed by atoms with Gasteiger partial charge in [-0.25, -0.2) is 0 Å². The Morgan fingerprint density at radius 2 is 2.12 bits per heavy atom. The van der Waals surface area contributed by atoms with Crippen molar-refractivity contribution < 1.29 is 4.74 Å². The highest BCUT2D eigenvalue weighted by Crippen LogP contribution is 2.28. The molecule has 2 aromatic rings. The summed E-state index contributed by atoms with van der Waals surface area (Å²) in [7, 11) is 1.58. The quantitative estimate of drug-likeness (QED) is 0.891. The molecule has 0 aliphatic heterocycles. The summed E-state index contributed by atoms with van der Waals surface area (Å²) in [4.78, 5) is 15.5. The van der Waals surface area contributed by atoms with E-state index in [1.807, 2.05) is 13.8 Å². The van der Waals surface area contributed by atoms with Gasteiger partial charge < -0.3 is 9.72 Å². The van der Waals surface area contributed by atoms with Gasteiger partial charge in [-0.1, -0.05) is 18.5 Å². The van der Waals surface area contributed by atoms with E-state index in [9.17, 15) is 4.79 Å². The lowest BCUT2D eigenvalue weighted by atomic mass is 10.1. The SMILES string of the molecule is CCc1[nH]c2c(OC)ccc(Cl)c2c(=O)c1C. The molecule has 0 spiro atoms. The lowest BCUT2D eigenvalue weighted by molar-refractivity contribution is 0.419. The van der Waals surface area contributed by atoms with Gasteiger partial charge in [0.1, 0.15) is 5.75 Å². The molecule has 1 aromatic heterocycles. The highest BCUT2D eigenvalue weighted by Gasteiger charge is 2.13. The summed E-state index contributed by atoms with van der Waals surface area (Å²) in [5.41, 5.74) is 2.28. The van der Waals surface area contributed by atoms with Crippen molar-refractivity contribution in [1.29, 1.82) is 0 Å². The molecule has 1 N–H and O–H groups in total. The molecule has 0 aliphatic rings. The maximum atomic E-state index is 12.2. The van der Waals surface area contributed by atoms with Crippen LogP contribution in [0.3, 0.4) is 0 Å². The van der Waals surface area contributed by atoms with E-state index in [1.54, 1.807) is 19.2 Å². The number of H-pyrrole nitrogens is 1. The van der Waals surface area contributed by atoms with Crippen LogP contribution in [0.4, 0.5) is 0 Å². The Morgan fingerprint density at radius 3 is 2.71 bits per heavy atom. The Balaban J connectivity index is 3.00. The van der Waals surface area contributed by atoms with Crippen molar-refractivity contribution in [3.05, 3.63) is 38.6 Å². The second-order valence-corrected chi connectivity index (χ2v) is 4.32.